The lowest BCUT2D eigenvalue weighted by Crippen LogP contribution is -1.93. The van der Waals surface area contributed by atoms with Gasteiger partial charge < -0.3 is 10.1 Å². The third kappa shape index (κ3) is 1.90. The average Bonchev–Trinajstić information content (AvgIpc) is 3.07. The minimum absolute atomic E-state index is 0.300. The minimum atomic E-state index is -0.937. The first kappa shape index (κ1) is 11.0. The number of aromatic nitrogens is 1. The van der Waals surface area contributed by atoms with Crippen LogP contribution in [0.15, 0.2) is 30.5 Å². The van der Waals surface area contributed by atoms with E-state index in [1.54, 1.807) is 12.3 Å². The number of fused-ring (bicyclic) bond motifs is 1. The second-order valence-electron chi connectivity index (χ2n) is 4.60. The van der Waals surface area contributed by atoms with Crippen LogP contribution in [0.3, 0.4) is 0 Å². The van der Waals surface area contributed by atoms with Crippen LogP contribution in [-0.4, -0.2) is 16.1 Å². The smallest absolute Gasteiger partial charge is 0.328 e. The molecule has 18 heavy (non-hydrogen) atoms. The highest BCUT2D eigenvalue weighted by Gasteiger charge is 2.29. The molecule has 0 amide bonds. The van der Waals surface area contributed by atoms with Crippen LogP contribution in [0.25, 0.3) is 16.5 Å². The molecule has 0 saturated heterocycles. The van der Waals surface area contributed by atoms with E-state index in [-0.39, 0.29) is 5.82 Å². The van der Waals surface area contributed by atoms with Gasteiger partial charge in [0.1, 0.15) is 5.82 Å². The topological polar surface area (TPSA) is 53.1 Å². The second-order valence-corrected chi connectivity index (χ2v) is 4.60. The summed E-state index contributed by atoms with van der Waals surface area (Å²) >= 11 is 0. The first-order chi connectivity index (χ1) is 8.65. The Morgan fingerprint density at radius 1 is 1.44 bits per heavy atom. The summed E-state index contributed by atoms with van der Waals surface area (Å²) in [5.74, 6) is -0.912. The van der Waals surface area contributed by atoms with E-state index in [0.717, 1.165) is 29.4 Å². The molecule has 92 valence electrons. The highest BCUT2D eigenvalue weighted by atomic mass is 19.1. The predicted octanol–water partition coefficient (Wildman–Crippen LogP) is 3.19. The molecule has 1 aliphatic rings. The van der Waals surface area contributed by atoms with Crippen LogP contribution in [0.2, 0.25) is 0 Å². The van der Waals surface area contributed by atoms with Crippen molar-refractivity contribution in [2.24, 2.45) is 5.92 Å². The number of aromatic amines is 1. The van der Waals surface area contributed by atoms with E-state index < -0.39 is 5.97 Å². The summed E-state index contributed by atoms with van der Waals surface area (Å²) in [6, 6.07) is 4.50. The molecule has 3 rings (SSSR count). The third-order valence-corrected chi connectivity index (χ3v) is 3.25. The second kappa shape index (κ2) is 3.98. The fourth-order valence-electron chi connectivity index (χ4n) is 2.28. The summed E-state index contributed by atoms with van der Waals surface area (Å²) in [6.45, 7) is 0. The molecule has 1 aromatic carbocycles. The average molecular weight is 245 g/mol. The molecule has 3 nitrogen and oxygen atoms in total. The van der Waals surface area contributed by atoms with E-state index in [0.29, 0.717) is 11.4 Å². The van der Waals surface area contributed by atoms with E-state index >= 15 is 0 Å². The molecule has 2 aromatic rings. The van der Waals surface area contributed by atoms with E-state index in [2.05, 4.69) is 4.98 Å². The summed E-state index contributed by atoms with van der Waals surface area (Å²) in [6.07, 6.45) is 5.07. The lowest BCUT2D eigenvalue weighted by Gasteiger charge is -2.03. The highest BCUT2D eigenvalue weighted by molar-refractivity contribution is 5.99. The van der Waals surface area contributed by atoms with Gasteiger partial charge in [0.2, 0.25) is 0 Å². The normalized spacial score (nSPS) is 16.2. The van der Waals surface area contributed by atoms with Gasteiger partial charge in [-0.15, -0.1) is 0 Å². The lowest BCUT2D eigenvalue weighted by atomic mass is 10.0. The molecule has 4 heteroatoms. The van der Waals surface area contributed by atoms with Crippen molar-refractivity contribution in [2.75, 3.05) is 0 Å². The molecular weight excluding hydrogens is 233 g/mol. The van der Waals surface area contributed by atoms with Gasteiger partial charge in [0.15, 0.2) is 0 Å². The van der Waals surface area contributed by atoms with Gasteiger partial charge >= 0.3 is 5.97 Å². The van der Waals surface area contributed by atoms with Gasteiger partial charge in [-0.25, -0.2) is 9.18 Å². The number of halogens is 1. The molecular formula is C14H12FNO2. The zero-order valence-corrected chi connectivity index (χ0v) is 9.61. The molecule has 1 fully saturated rings. The van der Waals surface area contributed by atoms with E-state index in [9.17, 15) is 9.18 Å². The van der Waals surface area contributed by atoms with Crippen LogP contribution in [-0.2, 0) is 4.79 Å². The van der Waals surface area contributed by atoms with Crippen molar-refractivity contribution in [3.8, 4) is 0 Å². The maximum atomic E-state index is 13.1. The number of carboxylic acid groups (broad SMARTS) is 1. The van der Waals surface area contributed by atoms with Gasteiger partial charge in [-0.1, -0.05) is 0 Å². The Balaban J connectivity index is 2.15. The number of benzene rings is 1. The maximum absolute atomic E-state index is 13.1. The molecule has 0 bridgehead atoms. The van der Waals surface area contributed by atoms with E-state index in [1.165, 1.54) is 18.2 Å². The summed E-state index contributed by atoms with van der Waals surface area (Å²) < 4.78 is 13.1. The Morgan fingerprint density at radius 2 is 2.22 bits per heavy atom. The Morgan fingerprint density at radius 3 is 2.89 bits per heavy atom. The summed E-state index contributed by atoms with van der Waals surface area (Å²) in [4.78, 5) is 13.9. The number of carboxylic acids is 1. The molecule has 0 spiro atoms. The minimum Gasteiger partial charge on any atom is -0.478 e. The van der Waals surface area contributed by atoms with E-state index in [1.807, 2.05) is 0 Å². The Bertz CT molecular complexity index is 653. The molecule has 0 aliphatic heterocycles. The van der Waals surface area contributed by atoms with Crippen LogP contribution in [0.5, 0.6) is 0 Å². The van der Waals surface area contributed by atoms with Crippen molar-refractivity contribution in [1.29, 1.82) is 0 Å². The van der Waals surface area contributed by atoms with Crippen molar-refractivity contribution in [2.45, 2.75) is 12.8 Å². The predicted molar refractivity (Wildman–Crippen MR) is 66.6 cm³/mol. The maximum Gasteiger partial charge on any atom is 0.328 e. The van der Waals surface area contributed by atoms with Gasteiger partial charge in [0.25, 0.3) is 0 Å². The van der Waals surface area contributed by atoms with Gasteiger partial charge in [-0.3, -0.25) is 0 Å². The molecule has 1 saturated carbocycles. The number of allylic oxidation sites excluding steroid dienone is 1. The zero-order chi connectivity index (χ0) is 12.7. The van der Waals surface area contributed by atoms with Crippen LogP contribution in [0.1, 0.15) is 18.4 Å². The van der Waals surface area contributed by atoms with Crippen molar-refractivity contribution in [3.63, 3.8) is 0 Å². The van der Waals surface area contributed by atoms with Crippen LogP contribution < -0.4 is 0 Å². The number of hydrogen-bond donors (Lipinski definition) is 2. The molecule has 0 radical (unpaired) electrons. The number of hydrogen-bond acceptors (Lipinski definition) is 1. The zero-order valence-electron chi connectivity index (χ0n) is 9.61. The fraction of sp³-hybridized carbons (Fsp3) is 0.214. The molecule has 1 aliphatic carbocycles. The Labute approximate surface area is 103 Å². The standard InChI is InChI=1S/C14H12FNO2/c15-9-3-4-10-12(7-16-13(10)5-9)11(6-14(17)18)8-1-2-8/h3-8,16H,1-2H2,(H,17,18)/b11-6+. The number of aliphatic carboxylic acids is 1. The first-order valence-electron chi connectivity index (χ1n) is 5.86. The fourth-order valence-corrected chi connectivity index (χ4v) is 2.28. The molecule has 0 atom stereocenters. The quantitative estimate of drug-likeness (QED) is 0.816. The largest absolute Gasteiger partial charge is 0.478 e. The van der Waals surface area contributed by atoms with Gasteiger partial charge in [-0.2, -0.15) is 0 Å². The van der Waals surface area contributed by atoms with Gasteiger partial charge in [0.05, 0.1) is 0 Å². The van der Waals surface area contributed by atoms with Crippen molar-refractivity contribution >= 4 is 22.4 Å². The van der Waals surface area contributed by atoms with E-state index in [4.69, 9.17) is 5.11 Å². The number of carbonyl (C=O) groups is 1. The number of nitrogens with one attached hydrogen (secondary N) is 1. The van der Waals surface area contributed by atoms with Gasteiger partial charge in [0, 0.05) is 28.7 Å². The molecule has 2 N–H and O–H groups in total. The van der Waals surface area contributed by atoms with Crippen molar-refractivity contribution in [3.05, 3.63) is 41.9 Å². The highest BCUT2D eigenvalue weighted by Crippen LogP contribution is 2.43. The summed E-state index contributed by atoms with van der Waals surface area (Å²) in [5, 5.41) is 9.80. The SMILES string of the molecule is O=C(O)/C=C(/c1c[nH]c2cc(F)ccc12)C1CC1. The van der Waals surface area contributed by atoms with Crippen molar-refractivity contribution in [1.82, 2.24) is 4.98 Å². The molecule has 0 unspecified atom stereocenters. The summed E-state index contributed by atoms with van der Waals surface area (Å²) in [5.41, 5.74) is 2.40. The monoisotopic (exact) mass is 245 g/mol. The van der Waals surface area contributed by atoms with Gasteiger partial charge in [-0.05, 0) is 42.5 Å². The first-order valence-corrected chi connectivity index (χ1v) is 5.86. The summed E-state index contributed by atoms with van der Waals surface area (Å²) in [7, 11) is 0. The lowest BCUT2D eigenvalue weighted by molar-refractivity contribution is -0.131. The number of rotatable bonds is 3. The van der Waals surface area contributed by atoms with Crippen LogP contribution in [0.4, 0.5) is 4.39 Å². The van der Waals surface area contributed by atoms with Crippen LogP contribution >= 0.6 is 0 Å². The number of H-pyrrole nitrogens is 1. The third-order valence-electron chi connectivity index (χ3n) is 3.25. The van der Waals surface area contributed by atoms with Crippen LogP contribution in [0, 0.1) is 11.7 Å². The Kier molecular flexibility index (Phi) is 2.44. The molecule has 1 aromatic heterocycles. The Hall–Kier alpha value is -2.10. The molecule has 1 heterocycles. The van der Waals surface area contributed by atoms with Crippen molar-refractivity contribution < 1.29 is 14.3 Å².